The smallest absolute Gasteiger partial charge is 0.290 e. The van der Waals surface area contributed by atoms with Crippen molar-refractivity contribution in [2.75, 3.05) is 13.1 Å². The van der Waals surface area contributed by atoms with Gasteiger partial charge in [-0.1, -0.05) is 13.3 Å². The first-order chi connectivity index (χ1) is 8.04. The van der Waals surface area contributed by atoms with Gasteiger partial charge in [-0.05, 0) is 30.2 Å². The first kappa shape index (κ1) is 13.6. The summed E-state index contributed by atoms with van der Waals surface area (Å²) < 4.78 is 5.01. The van der Waals surface area contributed by atoms with Gasteiger partial charge in [0, 0.05) is 6.54 Å². The van der Waals surface area contributed by atoms with Crippen LogP contribution in [0.2, 0.25) is 5.22 Å². The molecule has 1 aromatic rings. The largest absolute Gasteiger partial charge is 0.440 e. The van der Waals surface area contributed by atoms with Crippen molar-refractivity contribution in [1.29, 1.82) is 0 Å². The maximum atomic E-state index is 12.0. The summed E-state index contributed by atoms with van der Waals surface area (Å²) in [6.45, 7) is 2.35. The minimum atomic E-state index is -0.549. The lowest BCUT2D eigenvalue weighted by Gasteiger charge is -2.19. The van der Waals surface area contributed by atoms with Crippen LogP contribution in [0.25, 0.3) is 0 Å². The topological polar surface area (TPSA) is 76.5 Å². The molecule has 0 spiro atoms. The van der Waals surface area contributed by atoms with Crippen molar-refractivity contribution in [3.63, 3.8) is 0 Å². The van der Waals surface area contributed by atoms with Gasteiger partial charge >= 0.3 is 0 Å². The summed E-state index contributed by atoms with van der Waals surface area (Å²) in [6.07, 6.45) is 1.72. The van der Waals surface area contributed by atoms with Crippen molar-refractivity contribution in [3.8, 4) is 0 Å². The highest BCUT2D eigenvalue weighted by atomic mass is 35.5. The Morgan fingerprint density at radius 1 is 1.47 bits per heavy atom. The second-order valence-electron chi connectivity index (χ2n) is 3.65. The van der Waals surface area contributed by atoms with Gasteiger partial charge in [0.15, 0.2) is 11.0 Å². The molecule has 0 aliphatic rings. The number of hydrogen-bond donors (Lipinski definition) is 1. The molecule has 0 radical (unpaired) electrons. The molecule has 0 fully saturated rings. The molecule has 0 unspecified atom stereocenters. The van der Waals surface area contributed by atoms with E-state index in [1.54, 1.807) is 0 Å². The van der Waals surface area contributed by atoms with Gasteiger partial charge in [-0.25, -0.2) is 0 Å². The van der Waals surface area contributed by atoms with Gasteiger partial charge in [-0.3, -0.25) is 9.59 Å². The van der Waals surface area contributed by atoms with E-state index in [0.29, 0.717) is 6.54 Å². The molecule has 0 saturated carbocycles. The number of rotatable bonds is 6. The van der Waals surface area contributed by atoms with Crippen molar-refractivity contribution in [3.05, 3.63) is 23.1 Å². The second kappa shape index (κ2) is 6.30. The number of primary amides is 1. The zero-order chi connectivity index (χ0) is 12.8. The average molecular weight is 259 g/mol. The van der Waals surface area contributed by atoms with E-state index >= 15 is 0 Å². The fourth-order valence-corrected chi connectivity index (χ4v) is 1.52. The Labute approximate surface area is 105 Å². The molecule has 1 aromatic heterocycles. The van der Waals surface area contributed by atoms with E-state index in [1.807, 2.05) is 6.92 Å². The minimum absolute atomic E-state index is 0.114. The Kier molecular flexibility index (Phi) is 5.03. The number of unbranched alkanes of at least 4 members (excludes halogenated alkanes) is 1. The van der Waals surface area contributed by atoms with Crippen LogP contribution in [0.3, 0.4) is 0 Å². The Morgan fingerprint density at radius 2 is 2.18 bits per heavy atom. The third-order valence-electron chi connectivity index (χ3n) is 2.20. The van der Waals surface area contributed by atoms with Gasteiger partial charge in [0.2, 0.25) is 5.91 Å². The number of halogens is 1. The summed E-state index contributed by atoms with van der Waals surface area (Å²) in [5.74, 6) is -0.802. The van der Waals surface area contributed by atoms with Crippen molar-refractivity contribution in [2.24, 2.45) is 5.73 Å². The zero-order valence-electron chi connectivity index (χ0n) is 9.61. The first-order valence-electron chi connectivity index (χ1n) is 5.37. The number of furan rings is 1. The van der Waals surface area contributed by atoms with E-state index in [4.69, 9.17) is 21.8 Å². The number of amides is 2. The van der Waals surface area contributed by atoms with Crippen molar-refractivity contribution < 1.29 is 14.0 Å². The van der Waals surface area contributed by atoms with Gasteiger partial charge in [-0.15, -0.1) is 0 Å². The monoisotopic (exact) mass is 258 g/mol. The van der Waals surface area contributed by atoms with E-state index in [-0.39, 0.29) is 23.4 Å². The lowest BCUT2D eigenvalue weighted by Crippen LogP contribution is -2.38. The van der Waals surface area contributed by atoms with E-state index in [0.717, 1.165) is 12.8 Å². The standard InChI is InChI=1S/C11H15ClN2O3/c1-2-3-6-14(7-10(13)15)11(16)8-4-5-9(12)17-8/h4-5H,2-3,6-7H2,1H3,(H2,13,15). The summed E-state index contributed by atoms with van der Waals surface area (Å²) in [5.41, 5.74) is 5.10. The molecular weight excluding hydrogens is 244 g/mol. The summed E-state index contributed by atoms with van der Waals surface area (Å²) in [7, 11) is 0. The molecule has 2 N–H and O–H groups in total. The molecule has 0 bridgehead atoms. The molecular formula is C11H15ClN2O3. The molecule has 0 saturated heterocycles. The fourth-order valence-electron chi connectivity index (χ4n) is 1.37. The van der Waals surface area contributed by atoms with Gasteiger partial charge in [-0.2, -0.15) is 0 Å². The highest BCUT2D eigenvalue weighted by molar-refractivity contribution is 6.29. The molecule has 6 heteroatoms. The quantitative estimate of drug-likeness (QED) is 0.843. The Morgan fingerprint density at radius 3 is 2.65 bits per heavy atom. The molecule has 0 atom stereocenters. The maximum Gasteiger partial charge on any atom is 0.290 e. The van der Waals surface area contributed by atoms with E-state index in [1.165, 1.54) is 17.0 Å². The molecule has 5 nitrogen and oxygen atoms in total. The molecule has 17 heavy (non-hydrogen) atoms. The summed E-state index contributed by atoms with van der Waals surface area (Å²) in [5, 5.41) is 0.142. The Bertz CT molecular complexity index is 403. The predicted molar refractivity (Wildman–Crippen MR) is 63.7 cm³/mol. The summed E-state index contributed by atoms with van der Waals surface area (Å²) >= 11 is 5.59. The van der Waals surface area contributed by atoms with Crippen molar-refractivity contribution >= 4 is 23.4 Å². The normalized spacial score (nSPS) is 10.2. The average Bonchev–Trinajstić information content (AvgIpc) is 2.69. The van der Waals surface area contributed by atoms with Crippen LogP contribution in [0.1, 0.15) is 30.3 Å². The molecule has 94 valence electrons. The SMILES string of the molecule is CCCCN(CC(N)=O)C(=O)c1ccc(Cl)o1. The Hall–Kier alpha value is -1.49. The molecule has 0 aliphatic heterocycles. The van der Waals surface area contributed by atoms with Crippen LogP contribution < -0.4 is 5.73 Å². The van der Waals surface area contributed by atoms with Gasteiger partial charge in [0.05, 0.1) is 6.54 Å². The predicted octanol–water partition coefficient (Wildman–Crippen LogP) is 1.66. The van der Waals surface area contributed by atoms with Crippen LogP contribution >= 0.6 is 11.6 Å². The van der Waals surface area contributed by atoms with Gasteiger partial charge in [0.1, 0.15) is 0 Å². The van der Waals surface area contributed by atoms with Crippen LogP contribution in [0.4, 0.5) is 0 Å². The molecule has 2 amide bonds. The van der Waals surface area contributed by atoms with Crippen LogP contribution in [0.5, 0.6) is 0 Å². The zero-order valence-corrected chi connectivity index (χ0v) is 10.4. The number of carbonyl (C=O) groups excluding carboxylic acids is 2. The third-order valence-corrected chi connectivity index (χ3v) is 2.40. The number of hydrogen-bond acceptors (Lipinski definition) is 3. The lowest BCUT2D eigenvalue weighted by atomic mass is 10.3. The first-order valence-corrected chi connectivity index (χ1v) is 5.75. The number of carbonyl (C=O) groups is 2. The van der Waals surface area contributed by atoms with Crippen LogP contribution in [0.15, 0.2) is 16.5 Å². The van der Waals surface area contributed by atoms with Gasteiger partial charge < -0.3 is 15.1 Å². The minimum Gasteiger partial charge on any atom is -0.440 e. The van der Waals surface area contributed by atoms with Crippen LogP contribution in [-0.2, 0) is 4.79 Å². The summed E-state index contributed by atoms with van der Waals surface area (Å²) in [4.78, 5) is 24.2. The van der Waals surface area contributed by atoms with Crippen molar-refractivity contribution in [1.82, 2.24) is 4.90 Å². The van der Waals surface area contributed by atoms with Crippen LogP contribution in [-0.4, -0.2) is 29.8 Å². The fraction of sp³-hybridized carbons (Fsp3) is 0.455. The number of nitrogens with two attached hydrogens (primary N) is 1. The highest BCUT2D eigenvalue weighted by Crippen LogP contribution is 2.15. The molecule has 0 aliphatic carbocycles. The lowest BCUT2D eigenvalue weighted by molar-refractivity contribution is -0.118. The highest BCUT2D eigenvalue weighted by Gasteiger charge is 2.20. The molecule has 1 heterocycles. The number of nitrogens with zero attached hydrogens (tertiary/aromatic N) is 1. The van der Waals surface area contributed by atoms with E-state index in [2.05, 4.69) is 0 Å². The van der Waals surface area contributed by atoms with E-state index in [9.17, 15) is 9.59 Å². The van der Waals surface area contributed by atoms with Crippen LogP contribution in [0, 0.1) is 0 Å². The molecule has 1 rings (SSSR count). The Balaban J connectivity index is 2.74. The maximum absolute atomic E-state index is 12.0. The third kappa shape index (κ3) is 4.11. The van der Waals surface area contributed by atoms with Crippen molar-refractivity contribution in [2.45, 2.75) is 19.8 Å². The molecule has 0 aromatic carbocycles. The summed E-state index contributed by atoms with van der Waals surface area (Å²) in [6, 6.07) is 2.96. The second-order valence-corrected chi connectivity index (χ2v) is 4.02. The van der Waals surface area contributed by atoms with Gasteiger partial charge in [0.25, 0.3) is 5.91 Å². The van der Waals surface area contributed by atoms with E-state index < -0.39 is 5.91 Å².